The summed E-state index contributed by atoms with van der Waals surface area (Å²) in [5, 5.41) is 0. The van der Waals surface area contributed by atoms with E-state index in [1.54, 1.807) is 67.2 Å². The summed E-state index contributed by atoms with van der Waals surface area (Å²) in [6, 6.07) is 17.6. The Kier molecular flexibility index (Phi) is 6.22. The zero-order valence-corrected chi connectivity index (χ0v) is 20.5. The third-order valence-electron chi connectivity index (χ3n) is 6.18. The highest BCUT2D eigenvalue weighted by Crippen LogP contribution is 2.18. The third kappa shape index (κ3) is 4.33. The van der Waals surface area contributed by atoms with E-state index in [9.17, 15) is 14.4 Å². The molecule has 10 nitrogen and oxygen atoms in total. The smallest absolute Gasteiger partial charge is 0.339 e. The van der Waals surface area contributed by atoms with Crippen LogP contribution in [0.2, 0.25) is 0 Å². The molecule has 0 radical (unpaired) electrons. The maximum atomic E-state index is 13.8. The number of carbonyl (C=O) groups is 1. The summed E-state index contributed by atoms with van der Waals surface area (Å²) in [6.45, 7) is 0.222. The summed E-state index contributed by atoms with van der Waals surface area (Å²) in [5.41, 5.74) is 1.63. The fraction of sp³-hybridized carbons (Fsp3) is 0.185. The fourth-order valence-electron chi connectivity index (χ4n) is 4.23. The Hall–Kier alpha value is -4.86. The number of aromatic nitrogens is 4. The lowest BCUT2D eigenvalue weighted by molar-refractivity contribution is 0.0600. The minimum absolute atomic E-state index is 0.0570. The SMILES string of the molecule is COC(=O)c1ccc2nc3c(=O)n(Cc4ccc(OC)cc4)c(=O)n(Cc4ccc(OC)cc4)c3n2c1. The van der Waals surface area contributed by atoms with Crippen LogP contribution in [-0.2, 0) is 17.8 Å². The molecule has 0 saturated carbocycles. The Bertz CT molecular complexity index is 1730. The molecule has 2 aromatic carbocycles. The molecule has 0 fully saturated rings. The van der Waals surface area contributed by atoms with Crippen LogP contribution in [0.3, 0.4) is 0 Å². The van der Waals surface area contributed by atoms with Crippen LogP contribution < -0.4 is 20.7 Å². The highest BCUT2D eigenvalue weighted by molar-refractivity contribution is 5.90. The minimum Gasteiger partial charge on any atom is -0.497 e. The van der Waals surface area contributed by atoms with E-state index in [0.29, 0.717) is 17.1 Å². The van der Waals surface area contributed by atoms with E-state index in [-0.39, 0.29) is 29.8 Å². The van der Waals surface area contributed by atoms with Gasteiger partial charge in [0.1, 0.15) is 17.1 Å². The number of hydrogen-bond donors (Lipinski definition) is 0. The monoisotopic (exact) mass is 500 g/mol. The fourth-order valence-corrected chi connectivity index (χ4v) is 4.23. The summed E-state index contributed by atoms with van der Waals surface area (Å²) in [4.78, 5) is 44.1. The molecule has 0 aliphatic rings. The largest absolute Gasteiger partial charge is 0.497 e. The highest BCUT2D eigenvalue weighted by Gasteiger charge is 2.20. The van der Waals surface area contributed by atoms with Crippen LogP contribution in [0.1, 0.15) is 21.5 Å². The van der Waals surface area contributed by atoms with Gasteiger partial charge in [-0.2, -0.15) is 0 Å². The Morgan fingerprint density at radius 1 is 0.784 bits per heavy atom. The molecule has 0 aliphatic carbocycles. The summed E-state index contributed by atoms with van der Waals surface area (Å²) in [5.74, 6) is 0.814. The average Bonchev–Trinajstić information content (AvgIpc) is 3.32. The molecule has 0 bridgehead atoms. The van der Waals surface area contributed by atoms with Gasteiger partial charge in [0, 0.05) is 6.20 Å². The first-order valence-electron chi connectivity index (χ1n) is 11.4. The highest BCUT2D eigenvalue weighted by atomic mass is 16.5. The molecule has 3 heterocycles. The van der Waals surface area contributed by atoms with E-state index >= 15 is 0 Å². The van der Waals surface area contributed by atoms with Gasteiger partial charge < -0.3 is 14.2 Å². The molecule has 0 spiro atoms. The second-order valence-corrected chi connectivity index (χ2v) is 8.38. The summed E-state index contributed by atoms with van der Waals surface area (Å²) < 4.78 is 19.5. The number of pyridine rings is 1. The zero-order valence-electron chi connectivity index (χ0n) is 20.5. The Morgan fingerprint density at radius 3 is 1.89 bits per heavy atom. The van der Waals surface area contributed by atoms with Gasteiger partial charge in [0.2, 0.25) is 0 Å². The molecule has 0 N–H and O–H groups in total. The van der Waals surface area contributed by atoms with Gasteiger partial charge in [-0.05, 0) is 47.5 Å². The van der Waals surface area contributed by atoms with E-state index in [2.05, 4.69) is 4.98 Å². The molecule has 0 atom stereocenters. The molecule has 0 saturated heterocycles. The molecular formula is C27H24N4O6. The van der Waals surface area contributed by atoms with Crippen molar-refractivity contribution in [1.82, 2.24) is 18.5 Å². The van der Waals surface area contributed by atoms with E-state index in [0.717, 1.165) is 11.1 Å². The van der Waals surface area contributed by atoms with Crippen LogP contribution in [0, 0.1) is 0 Å². The molecule has 0 unspecified atom stereocenters. The van der Waals surface area contributed by atoms with Crippen LogP contribution in [0.25, 0.3) is 16.8 Å². The summed E-state index contributed by atoms with van der Waals surface area (Å²) >= 11 is 0. The number of nitrogens with zero attached hydrogens (tertiary/aromatic N) is 4. The van der Waals surface area contributed by atoms with Gasteiger partial charge in [-0.1, -0.05) is 24.3 Å². The predicted molar refractivity (Wildman–Crippen MR) is 137 cm³/mol. The number of esters is 1. The number of ether oxygens (including phenoxy) is 3. The second-order valence-electron chi connectivity index (χ2n) is 8.38. The van der Waals surface area contributed by atoms with Gasteiger partial charge in [0.15, 0.2) is 11.2 Å². The molecule has 3 aromatic heterocycles. The van der Waals surface area contributed by atoms with Gasteiger partial charge in [-0.15, -0.1) is 0 Å². The van der Waals surface area contributed by atoms with Crippen molar-refractivity contribution in [3.8, 4) is 11.5 Å². The maximum absolute atomic E-state index is 13.8. The van der Waals surface area contributed by atoms with Crippen LogP contribution >= 0.6 is 0 Å². The van der Waals surface area contributed by atoms with Crippen LogP contribution in [0.15, 0.2) is 76.4 Å². The van der Waals surface area contributed by atoms with Gasteiger partial charge in [-0.25, -0.2) is 14.6 Å². The van der Waals surface area contributed by atoms with E-state index in [1.165, 1.54) is 22.4 Å². The predicted octanol–water partition coefficient (Wildman–Crippen LogP) is 2.71. The van der Waals surface area contributed by atoms with Crippen LogP contribution in [0.5, 0.6) is 11.5 Å². The van der Waals surface area contributed by atoms with E-state index < -0.39 is 17.2 Å². The standard InChI is InChI=1S/C27H24N4O6/c1-35-20-9-4-17(5-10-20)14-30-24-23(28-22-13-8-19(16-29(22)24)26(33)37-3)25(32)31(27(30)34)15-18-6-11-21(36-2)12-7-18/h4-13,16H,14-15H2,1-3H3. The van der Waals surface area contributed by atoms with Crippen molar-refractivity contribution in [3.63, 3.8) is 0 Å². The quantitative estimate of drug-likeness (QED) is 0.316. The Labute approximate surface area is 210 Å². The van der Waals surface area contributed by atoms with E-state index in [4.69, 9.17) is 14.2 Å². The Morgan fingerprint density at radius 2 is 1.35 bits per heavy atom. The number of imidazole rings is 1. The second kappa shape index (κ2) is 9.65. The molecule has 10 heteroatoms. The minimum atomic E-state index is -0.541. The van der Waals surface area contributed by atoms with Crippen molar-refractivity contribution in [1.29, 1.82) is 0 Å². The Balaban J connectivity index is 1.74. The molecule has 188 valence electrons. The number of rotatable bonds is 7. The number of carbonyl (C=O) groups excluding carboxylic acids is 1. The van der Waals surface area contributed by atoms with E-state index in [1.807, 2.05) is 12.1 Å². The van der Waals surface area contributed by atoms with Crippen molar-refractivity contribution in [2.24, 2.45) is 0 Å². The molecular weight excluding hydrogens is 476 g/mol. The normalized spacial score (nSPS) is 11.1. The lowest BCUT2D eigenvalue weighted by Crippen LogP contribution is -2.40. The average molecular weight is 501 g/mol. The lowest BCUT2D eigenvalue weighted by atomic mass is 10.2. The van der Waals surface area contributed by atoms with Crippen molar-refractivity contribution in [2.75, 3.05) is 21.3 Å². The maximum Gasteiger partial charge on any atom is 0.339 e. The van der Waals surface area contributed by atoms with Gasteiger partial charge in [-0.3, -0.25) is 18.3 Å². The zero-order chi connectivity index (χ0) is 26.1. The molecule has 5 rings (SSSR count). The molecule has 37 heavy (non-hydrogen) atoms. The first kappa shape index (κ1) is 23.9. The topological polar surface area (TPSA) is 106 Å². The number of methoxy groups -OCH3 is 3. The number of hydrogen-bond acceptors (Lipinski definition) is 7. The van der Waals surface area contributed by atoms with Gasteiger partial charge >= 0.3 is 11.7 Å². The van der Waals surface area contributed by atoms with Crippen LogP contribution in [-0.4, -0.2) is 45.8 Å². The molecule has 0 amide bonds. The van der Waals surface area contributed by atoms with Crippen molar-refractivity contribution < 1.29 is 19.0 Å². The van der Waals surface area contributed by atoms with Crippen molar-refractivity contribution in [2.45, 2.75) is 13.1 Å². The molecule has 0 aliphatic heterocycles. The third-order valence-corrected chi connectivity index (χ3v) is 6.18. The molecule has 5 aromatic rings. The van der Waals surface area contributed by atoms with Gasteiger partial charge in [0.25, 0.3) is 5.56 Å². The summed E-state index contributed by atoms with van der Waals surface area (Å²) in [7, 11) is 4.44. The number of fused-ring (bicyclic) bond motifs is 3. The van der Waals surface area contributed by atoms with Gasteiger partial charge in [0.05, 0.1) is 40.0 Å². The number of benzene rings is 2. The lowest BCUT2D eigenvalue weighted by Gasteiger charge is -2.13. The van der Waals surface area contributed by atoms with Crippen molar-refractivity contribution >= 4 is 22.8 Å². The summed E-state index contributed by atoms with van der Waals surface area (Å²) in [6.07, 6.45) is 1.52. The first-order chi connectivity index (χ1) is 17.9. The first-order valence-corrected chi connectivity index (χ1v) is 11.4. The van der Waals surface area contributed by atoms with Crippen molar-refractivity contribution in [3.05, 3.63) is 104 Å². The van der Waals surface area contributed by atoms with Crippen LogP contribution in [0.4, 0.5) is 0 Å².